The van der Waals surface area contributed by atoms with Gasteiger partial charge in [0.05, 0.1) is 35.3 Å². The number of rotatable bonds is 5. The molecule has 2 fully saturated rings. The van der Waals surface area contributed by atoms with E-state index in [4.69, 9.17) is 0 Å². The number of hydrazine groups is 1. The van der Waals surface area contributed by atoms with E-state index >= 15 is 0 Å². The number of halogens is 4. The Morgan fingerprint density at radius 1 is 1.05 bits per heavy atom. The van der Waals surface area contributed by atoms with Crippen molar-refractivity contribution in [2.75, 3.05) is 19.6 Å². The molecule has 0 spiro atoms. The molecule has 1 N–H and O–H groups in total. The Bertz CT molecular complexity index is 1510. The van der Waals surface area contributed by atoms with Gasteiger partial charge in [0, 0.05) is 18.7 Å². The lowest BCUT2D eigenvalue weighted by Crippen LogP contribution is -2.57. The van der Waals surface area contributed by atoms with Crippen molar-refractivity contribution >= 4 is 21.8 Å². The number of amides is 3. The average Bonchev–Trinajstić information content (AvgIpc) is 3.48. The van der Waals surface area contributed by atoms with Gasteiger partial charge in [-0.15, -0.1) is 0 Å². The molecule has 2 saturated heterocycles. The fraction of sp³-hybridized carbons (Fsp3) is 0.536. The summed E-state index contributed by atoms with van der Waals surface area (Å²) in [6.45, 7) is 3.23. The van der Waals surface area contributed by atoms with Gasteiger partial charge in [-0.1, -0.05) is 24.3 Å². The van der Waals surface area contributed by atoms with Gasteiger partial charge in [-0.25, -0.2) is 27.6 Å². The second-order valence-electron chi connectivity index (χ2n) is 11.8. The van der Waals surface area contributed by atoms with Crippen molar-refractivity contribution < 1.29 is 40.7 Å². The first-order valence-electron chi connectivity index (χ1n) is 13.6. The Kier molecular flexibility index (Phi) is 7.12. The third-order valence-corrected chi connectivity index (χ3v) is 10.9. The lowest BCUT2D eigenvalue weighted by Gasteiger charge is -2.43. The highest BCUT2D eigenvalue weighted by Gasteiger charge is 2.63. The summed E-state index contributed by atoms with van der Waals surface area (Å²) in [4.78, 5) is 31.9. The van der Waals surface area contributed by atoms with Gasteiger partial charge >= 0.3 is 12.2 Å². The first-order chi connectivity index (χ1) is 19.4. The maximum absolute atomic E-state index is 14.9. The Balaban J connectivity index is 1.61. The number of aryl methyl sites for hydroxylation is 1. The number of aliphatic hydroxyl groups is 1. The number of nitrogens with zero attached hydrogens (tertiary/aromatic N) is 4. The van der Waals surface area contributed by atoms with Gasteiger partial charge in [0.2, 0.25) is 11.6 Å². The third-order valence-electron chi connectivity index (χ3n) is 8.39. The molecule has 1 aliphatic carbocycles. The van der Waals surface area contributed by atoms with Crippen LogP contribution < -0.4 is 0 Å². The second kappa shape index (κ2) is 9.90. The summed E-state index contributed by atoms with van der Waals surface area (Å²) < 4.78 is 82.5. The third kappa shape index (κ3) is 4.62. The molecule has 42 heavy (non-hydrogen) atoms. The van der Waals surface area contributed by atoms with Crippen LogP contribution in [0.1, 0.15) is 57.0 Å². The first kappa shape index (κ1) is 30.2. The molecule has 3 amide bonds. The van der Waals surface area contributed by atoms with E-state index in [1.807, 2.05) is 0 Å². The standard InChI is InChI=1S/C28H32F4N4O5S/c1-25(2,39)17-36-23(37)13-15-35(36)24(38)34-16-14-27(42(40,41)18-7-5-4-6-8-18)19-9-11-21(26(3,29)28(30,31)32)33-20(19)10-12-22(27)34/h4-9,11,22,39H,10,12-17H2,1-3H3. The number of pyridine rings is 1. The average molecular weight is 613 g/mol. The molecule has 3 heterocycles. The van der Waals surface area contributed by atoms with Crippen molar-refractivity contribution in [2.45, 2.75) is 79.6 Å². The van der Waals surface area contributed by atoms with Crippen molar-refractivity contribution in [3.8, 4) is 0 Å². The van der Waals surface area contributed by atoms with E-state index in [0.29, 0.717) is 6.92 Å². The van der Waals surface area contributed by atoms with Crippen LogP contribution in [0.2, 0.25) is 0 Å². The Morgan fingerprint density at radius 3 is 2.33 bits per heavy atom. The molecule has 1 aromatic heterocycles. The van der Waals surface area contributed by atoms with E-state index in [9.17, 15) is 40.7 Å². The summed E-state index contributed by atoms with van der Waals surface area (Å²) in [7, 11) is -4.28. The number of benzene rings is 1. The highest BCUT2D eigenvalue weighted by Crippen LogP contribution is 2.53. The molecular formula is C28H32F4N4O5S. The van der Waals surface area contributed by atoms with Crippen LogP contribution in [0.4, 0.5) is 22.4 Å². The number of fused-ring (bicyclic) bond motifs is 3. The molecule has 5 rings (SSSR count). The second-order valence-corrected chi connectivity index (χ2v) is 14.0. The maximum Gasteiger partial charge on any atom is 0.428 e. The molecule has 14 heteroatoms. The predicted octanol–water partition coefficient (Wildman–Crippen LogP) is 3.86. The molecule has 3 unspecified atom stereocenters. The number of aromatic nitrogens is 1. The zero-order valence-electron chi connectivity index (χ0n) is 23.4. The molecule has 9 nitrogen and oxygen atoms in total. The summed E-state index contributed by atoms with van der Waals surface area (Å²) in [5.41, 5.74) is -5.77. The van der Waals surface area contributed by atoms with Gasteiger partial charge in [0.15, 0.2) is 9.84 Å². The number of alkyl halides is 4. The first-order valence-corrected chi connectivity index (χ1v) is 15.1. The van der Waals surface area contributed by atoms with Crippen molar-refractivity contribution in [3.63, 3.8) is 0 Å². The largest absolute Gasteiger partial charge is 0.428 e. The van der Waals surface area contributed by atoms with Crippen molar-refractivity contribution in [3.05, 3.63) is 59.4 Å². The molecule has 0 radical (unpaired) electrons. The number of hydrogen-bond acceptors (Lipinski definition) is 6. The Labute approximate surface area is 241 Å². The number of carbonyl (C=O) groups is 2. The van der Waals surface area contributed by atoms with Gasteiger partial charge in [-0.3, -0.25) is 9.78 Å². The lowest BCUT2D eigenvalue weighted by atomic mass is 9.80. The van der Waals surface area contributed by atoms with Crippen LogP contribution in [0.3, 0.4) is 0 Å². The van der Waals surface area contributed by atoms with Gasteiger partial charge in [0.1, 0.15) is 4.75 Å². The zero-order valence-corrected chi connectivity index (χ0v) is 24.2. The lowest BCUT2D eigenvalue weighted by molar-refractivity contribution is -0.230. The van der Waals surface area contributed by atoms with E-state index in [0.717, 1.165) is 11.1 Å². The van der Waals surface area contributed by atoms with Crippen molar-refractivity contribution in [1.82, 2.24) is 19.9 Å². The fourth-order valence-electron chi connectivity index (χ4n) is 6.29. The molecule has 3 atom stereocenters. The molecule has 1 aromatic carbocycles. The minimum Gasteiger partial charge on any atom is -0.389 e. The quantitative estimate of drug-likeness (QED) is 0.514. The van der Waals surface area contributed by atoms with E-state index in [1.165, 1.54) is 42.0 Å². The van der Waals surface area contributed by atoms with Crippen LogP contribution in [-0.4, -0.2) is 82.8 Å². The topological polar surface area (TPSA) is 111 Å². The van der Waals surface area contributed by atoms with Crippen LogP contribution in [0.5, 0.6) is 0 Å². The van der Waals surface area contributed by atoms with Crippen molar-refractivity contribution in [2.24, 2.45) is 0 Å². The van der Waals surface area contributed by atoms with E-state index in [-0.39, 0.29) is 67.4 Å². The number of β-amino-alcohol motifs (C(OH)–C–C–N with tert-alkyl or cyclic N) is 1. The monoisotopic (exact) mass is 612 g/mol. The number of likely N-dealkylation sites (tertiary alicyclic amines) is 1. The molecule has 2 aromatic rings. The Hall–Kier alpha value is -3.26. The number of carbonyl (C=O) groups excluding carboxylic acids is 2. The van der Waals surface area contributed by atoms with Gasteiger partial charge in [-0.05, 0) is 63.8 Å². The summed E-state index contributed by atoms with van der Waals surface area (Å²) in [6, 6.07) is 8.06. The van der Waals surface area contributed by atoms with Crippen LogP contribution in [0.25, 0.3) is 0 Å². The van der Waals surface area contributed by atoms with E-state index in [1.54, 1.807) is 18.2 Å². The minimum atomic E-state index is -5.24. The highest BCUT2D eigenvalue weighted by molar-refractivity contribution is 7.92. The Morgan fingerprint density at radius 2 is 1.71 bits per heavy atom. The van der Waals surface area contributed by atoms with Gasteiger partial charge in [-0.2, -0.15) is 13.2 Å². The summed E-state index contributed by atoms with van der Waals surface area (Å²) >= 11 is 0. The normalized spacial score (nSPS) is 24.4. The minimum absolute atomic E-state index is 0.00390. The predicted molar refractivity (Wildman–Crippen MR) is 142 cm³/mol. The smallest absolute Gasteiger partial charge is 0.389 e. The van der Waals surface area contributed by atoms with Crippen LogP contribution >= 0.6 is 0 Å². The summed E-state index contributed by atoms with van der Waals surface area (Å²) in [5.74, 6) is -0.363. The van der Waals surface area contributed by atoms with E-state index < -0.39 is 49.8 Å². The SMILES string of the molecule is CC(C)(O)CN1C(=O)CCN1C(=O)N1CCC2(S(=O)(=O)c3ccccc3)c3ccc(C(C)(F)C(F)(F)F)nc3CCC12. The van der Waals surface area contributed by atoms with Crippen molar-refractivity contribution in [1.29, 1.82) is 0 Å². The molecule has 0 bridgehead atoms. The highest BCUT2D eigenvalue weighted by atomic mass is 32.2. The maximum atomic E-state index is 14.9. The molecule has 0 saturated carbocycles. The fourth-order valence-corrected chi connectivity index (χ4v) is 8.67. The van der Waals surface area contributed by atoms with Crippen LogP contribution in [-0.2, 0) is 31.5 Å². The van der Waals surface area contributed by atoms with Gasteiger partial charge in [0.25, 0.3) is 0 Å². The van der Waals surface area contributed by atoms with Gasteiger partial charge < -0.3 is 10.0 Å². The molecule has 3 aliphatic rings. The van der Waals surface area contributed by atoms with Crippen LogP contribution in [0, 0.1) is 0 Å². The molecule has 228 valence electrons. The summed E-state index contributed by atoms with van der Waals surface area (Å²) in [5, 5.41) is 12.7. The van der Waals surface area contributed by atoms with E-state index in [2.05, 4.69) is 4.98 Å². The number of hydrogen-bond donors (Lipinski definition) is 1. The number of sulfone groups is 1. The molecular weight excluding hydrogens is 580 g/mol. The molecule has 2 aliphatic heterocycles. The summed E-state index contributed by atoms with van der Waals surface area (Å²) in [6.07, 6.45) is -5.26. The zero-order chi connectivity index (χ0) is 30.9. The van der Waals surface area contributed by atoms with Crippen LogP contribution in [0.15, 0.2) is 47.4 Å². The number of urea groups is 1.